The molecule has 0 saturated heterocycles. The van der Waals surface area contributed by atoms with E-state index in [1.807, 2.05) is 30.3 Å². The molecule has 0 aliphatic heterocycles. The summed E-state index contributed by atoms with van der Waals surface area (Å²) < 4.78 is 0. The van der Waals surface area contributed by atoms with Crippen molar-refractivity contribution in [2.24, 2.45) is 0 Å². The van der Waals surface area contributed by atoms with E-state index in [0.717, 1.165) is 19.8 Å². The number of aldehydes is 1. The molecule has 0 heterocycles. The summed E-state index contributed by atoms with van der Waals surface area (Å²) >= 11 is 0. The number of rotatable bonds is 6. The number of aliphatic hydroxyl groups is 1. The van der Waals surface area contributed by atoms with E-state index < -0.39 is 0 Å². The van der Waals surface area contributed by atoms with Gasteiger partial charge in [0.25, 0.3) is 0 Å². The molecule has 0 bridgehead atoms. The minimum atomic E-state index is -0.0574. The van der Waals surface area contributed by atoms with Crippen molar-refractivity contribution in [2.75, 3.05) is 13.7 Å². The molecule has 0 fully saturated rings. The van der Waals surface area contributed by atoms with Crippen molar-refractivity contribution in [3.8, 4) is 0 Å². The van der Waals surface area contributed by atoms with Gasteiger partial charge in [0.05, 0.1) is 0 Å². The molecule has 0 aliphatic carbocycles. The van der Waals surface area contributed by atoms with Crippen LogP contribution in [0.1, 0.15) is 38.7 Å². The van der Waals surface area contributed by atoms with Gasteiger partial charge in [0.1, 0.15) is 6.29 Å². The maximum Gasteiger partial charge on any atom is 0.220 e. The number of amides is 1. The molecule has 20 heavy (non-hydrogen) atoms. The SMILES string of the molecule is CCC.CO.O=CCCC(=O)NCCc1ccccc1. The van der Waals surface area contributed by atoms with Gasteiger partial charge in [-0.25, -0.2) is 0 Å². The second kappa shape index (κ2) is 17.3. The molecule has 0 radical (unpaired) electrons. The summed E-state index contributed by atoms with van der Waals surface area (Å²) in [5.41, 5.74) is 1.20. The zero-order chi connectivity index (χ0) is 15.6. The minimum Gasteiger partial charge on any atom is -0.400 e. The highest BCUT2D eigenvalue weighted by molar-refractivity contribution is 5.77. The quantitative estimate of drug-likeness (QED) is 0.787. The second-order valence-electron chi connectivity index (χ2n) is 4.00. The Bertz CT molecular complexity index is 326. The predicted octanol–water partition coefficient (Wildman–Crippen LogP) is 2.35. The average Bonchev–Trinajstić information content (AvgIpc) is 2.49. The Labute approximate surface area is 122 Å². The summed E-state index contributed by atoms with van der Waals surface area (Å²) in [5, 5.41) is 9.77. The molecule has 4 nitrogen and oxygen atoms in total. The predicted molar refractivity (Wildman–Crippen MR) is 82.6 cm³/mol. The number of carbonyl (C=O) groups excluding carboxylic acids is 2. The number of hydrogen-bond donors (Lipinski definition) is 2. The van der Waals surface area contributed by atoms with E-state index in [2.05, 4.69) is 19.2 Å². The molecule has 0 atom stereocenters. The van der Waals surface area contributed by atoms with Gasteiger partial charge < -0.3 is 15.2 Å². The Morgan fingerprint density at radius 3 is 2.25 bits per heavy atom. The number of aliphatic hydroxyl groups excluding tert-OH is 1. The highest BCUT2D eigenvalue weighted by Crippen LogP contribution is 1.98. The molecule has 1 amide bonds. The maximum absolute atomic E-state index is 11.1. The van der Waals surface area contributed by atoms with Crippen molar-refractivity contribution >= 4 is 12.2 Å². The van der Waals surface area contributed by atoms with Crippen molar-refractivity contribution < 1.29 is 14.7 Å². The maximum atomic E-state index is 11.1. The first-order valence-electron chi connectivity index (χ1n) is 6.93. The van der Waals surface area contributed by atoms with Crippen LogP contribution in [0.5, 0.6) is 0 Å². The third-order valence-electron chi connectivity index (χ3n) is 2.07. The van der Waals surface area contributed by atoms with Gasteiger partial charge in [-0.3, -0.25) is 4.79 Å². The van der Waals surface area contributed by atoms with E-state index in [1.54, 1.807) is 0 Å². The molecule has 0 aliphatic rings. The Hall–Kier alpha value is -1.68. The molecule has 0 spiro atoms. The molecule has 4 heteroatoms. The topological polar surface area (TPSA) is 66.4 Å². The normalized spacial score (nSPS) is 8.40. The first-order chi connectivity index (χ1) is 9.74. The Kier molecular flexibility index (Phi) is 17.9. The summed E-state index contributed by atoms with van der Waals surface area (Å²) in [6, 6.07) is 9.97. The van der Waals surface area contributed by atoms with Gasteiger partial charge in [0, 0.05) is 26.5 Å². The van der Waals surface area contributed by atoms with Crippen LogP contribution in [0.4, 0.5) is 0 Å². The van der Waals surface area contributed by atoms with Gasteiger partial charge in [-0.1, -0.05) is 50.6 Å². The second-order valence-corrected chi connectivity index (χ2v) is 4.00. The molecule has 0 aromatic heterocycles. The van der Waals surface area contributed by atoms with Gasteiger partial charge in [-0.15, -0.1) is 0 Å². The van der Waals surface area contributed by atoms with E-state index >= 15 is 0 Å². The lowest BCUT2D eigenvalue weighted by Gasteiger charge is -2.03. The fraction of sp³-hybridized carbons (Fsp3) is 0.500. The summed E-state index contributed by atoms with van der Waals surface area (Å²) in [5.74, 6) is -0.0574. The molecule has 1 aromatic rings. The summed E-state index contributed by atoms with van der Waals surface area (Å²) in [6.45, 7) is 4.88. The van der Waals surface area contributed by atoms with Crippen LogP contribution in [-0.2, 0) is 16.0 Å². The van der Waals surface area contributed by atoms with Crippen LogP contribution in [0.25, 0.3) is 0 Å². The van der Waals surface area contributed by atoms with Crippen LogP contribution in [0.2, 0.25) is 0 Å². The summed E-state index contributed by atoms with van der Waals surface area (Å²) in [4.78, 5) is 21.1. The van der Waals surface area contributed by atoms with Gasteiger partial charge in [-0.05, 0) is 12.0 Å². The highest BCUT2D eigenvalue weighted by atomic mass is 16.2. The zero-order valence-corrected chi connectivity index (χ0v) is 12.8. The molecular weight excluding hydrogens is 254 g/mol. The summed E-state index contributed by atoms with van der Waals surface area (Å²) in [7, 11) is 1.00. The molecule has 1 aromatic carbocycles. The van der Waals surface area contributed by atoms with E-state index in [4.69, 9.17) is 5.11 Å². The fourth-order valence-corrected chi connectivity index (χ4v) is 1.27. The van der Waals surface area contributed by atoms with Crippen molar-refractivity contribution in [2.45, 2.75) is 39.5 Å². The van der Waals surface area contributed by atoms with Crippen molar-refractivity contribution in [3.63, 3.8) is 0 Å². The molecule has 0 unspecified atom stereocenters. The standard InChI is InChI=1S/C12H15NO2.C3H8.CH4O/c14-10-4-7-12(15)13-9-8-11-5-2-1-3-6-11;1-3-2;1-2/h1-3,5-6,10H,4,7-9H2,(H,13,15);3H2,1-2H3;2H,1H3. The summed E-state index contributed by atoms with van der Waals surface area (Å²) in [6.07, 6.45) is 3.43. The molecule has 114 valence electrons. The third kappa shape index (κ3) is 14.4. The van der Waals surface area contributed by atoms with Crippen LogP contribution in [0.3, 0.4) is 0 Å². The van der Waals surface area contributed by atoms with Crippen molar-refractivity contribution in [1.29, 1.82) is 0 Å². The number of nitrogens with one attached hydrogen (secondary N) is 1. The van der Waals surface area contributed by atoms with E-state index in [0.29, 0.717) is 13.0 Å². The first kappa shape index (κ1) is 20.6. The van der Waals surface area contributed by atoms with Crippen LogP contribution in [0, 0.1) is 0 Å². The number of hydrogen-bond acceptors (Lipinski definition) is 3. The zero-order valence-electron chi connectivity index (χ0n) is 12.8. The van der Waals surface area contributed by atoms with Crippen LogP contribution < -0.4 is 5.32 Å². The molecule has 0 saturated carbocycles. The van der Waals surface area contributed by atoms with Gasteiger partial charge >= 0.3 is 0 Å². The largest absolute Gasteiger partial charge is 0.400 e. The van der Waals surface area contributed by atoms with E-state index in [-0.39, 0.29) is 12.3 Å². The van der Waals surface area contributed by atoms with Gasteiger partial charge in [0.2, 0.25) is 5.91 Å². The highest BCUT2D eigenvalue weighted by Gasteiger charge is 1.99. The van der Waals surface area contributed by atoms with Crippen LogP contribution >= 0.6 is 0 Å². The van der Waals surface area contributed by atoms with Crippen molar-refractivity contribution in [1.82, 2.24) is 5.32 Å². The fourth-order valence-electron chi connectivity index (χ4n) is 1.27. The minimum absolute atomic E-state index is 0.0574. The first-order valence-corrected chi connectivity index (χ1v) is 6.93. The number of carbonyl (C=O) groups is 2. The molecule has 1 rings (SSSR count). The Morgan fingerprint density at radius 2 is 1.75 bits per heavy atom. The van der Waals surface area contributed by atoms with Crippen LogP contribution in [0.15, 0.2) is 30.3 Å². The van der Waals surface area contributed by atoms with Gasteiger partial charge in [0.15, 0.2) is 0 Å². The van der Waals surface area contributed by atoms with Gasteiger partial charge in [-0.2, -0.15) is 0 Å². The Morgan fingerprint density at radius 1 is 1.20 bits per heavy atom. The Balaban J connectivity index is 0. The smallest absolute Gasteiger partial charge is 0.220 e. The van der Waals surface area contributed by atoms with Crippen molar-refractivity contribution in [3.05, 3.63) is 35.9 Å². The average molecular weight is 281 g/mol. The molecular formula is C16H27NO3. The van der Waals surface area contributed by atoms with E-state index in [9.17, 15) is 9.59 Å². The van der Waals surface area contributed by atoms with Crippen LogP contribution in [-0.4, -0.2) is 31.0 Å². The lowest BCUT2D eigenvalue weighted by atomic mass is 10.1. The van der Waals surface area contributed by atoms with E-state index in [1.165, 1.54) is 12.0 Å². The lowest BCUT2D eigenvalue weighted by molar-refractivity contribution is -0.122. The molecule has 2 N–H and O–H groups in total. The lowest BCUT2D eigenvalue weighted by Crippen LogP contribution is -2.25. The number of benzene rings is 1. The third-order valence-corrected chi connectivity index (χ3v) is 2.07. The monoisotopic (exact) mass is 281 g/mol.